The van der Waals surface area contributed by atoms with Crippen LogP contribution in [0.2, 0.25) is 0 Å². The number of hydrogen-bond donors (Lipinski definition) is 0. The molecule has 2 aromatic carbocycles. The first-order valence-corrected chi connectivity index (χ1v) is 12.3. The molecule has 1 heterocycles. The summed E-state index contributed by atoms with van der Waals surface area (Å²) in [6, 6.07) is 8.91. The van der Waals surface area contributed by atoms with Gasteiger partial charge in [-0.1, -0.05) is 25.1 Å². The van der Waals surface area contributed by atoms with Crippen LogP contribution in [0.3, 0.4) is 0 Å². The average molecular weight is 465 g/mol. The summed E-state index contributed by atoms with van der Waals surface area (Å²) in [5.41, 5.74) is 0.480. The molecule has 0 aliphatic carbocycles. The molecule has 0 unspecified atom stereocenters. The molecule has 1 aliphatic rings. The Balaban J connectivity index is 2.14. The van der Waals surface area contributed by atoms with Crippen LogP contribution in [-0.4, -0.2) is 52.8 Å². The molecule has 1 amide bonds. The topological polar surface area (TPSA) is 76.2 Å². The molecule has 0 bridgehead atoms. The standard InChI is InChI=1S/C23H29FN2O5S/c1-16-9-11-25(12-10-16)23(27)18-13-21(30-2)22(31-3)14-20(18)26(32(4,28)29)15-17-7-5-6-8-19(17)24/h5-8,13-14,16H,9-12,15H2,1-4H3. The summed E-state index contributed by atoms with van der Waals surface area (Å²) in [7, 11) is -1.000. The second-order valence-corrected chi connectivity index (χ2v) is 9.97. The Labute approximate surface area is 188 Å². The number of anilines is 1. The van der Waals surface area contributed by atoms with Gasteiger partial charge in [0.05, 0.1) is 38.3 Å². The first-order valence-electron chi connectivity index (χ1n) is 10.4. The molecule has 0 atom stereocenters. The lowest BCUT2D eigenvalue weighted by Crippen LogP contribution is -2.39. The van der Waals surface area contributed by atoms with E-state index in [0.717, 1.165) is 23.4 Å². The predicted molar refractivity (Wildman–Crippen MR) is 121 cm³/mol. The van der Waals surface area contributed by atoms with Crippen molar-refractivity contribution in [2.75, 3.05) is 37.9 Å². The third-order valence-electron chi connectivity index (χ3n) is 5.74. The van der Waals surface area contributed by atoms with E-state index in [4.69, 9.17) is 9.47 Å². The van der Waals surface area contributed by atoms with Crippen molar-refractivity contribution >= 4 is 21.6 Å². The lowest BCUT2D eigenvalue weighted by molar-refractivity contribution is 0.0697. The van der Waals surface area contributed by atoms with Crippen LogP contribution in [0.15, 0.2) is 36.4 Å². The third-order valence-corrected chi connectivity index (χ3v) is 6.87. The van der Waals surface area contributed by atoms with Crippen LogP contribution in [0, 0.1) is 11.7 Å². The van der Waals surface area contributed by atoms with Crippen LogP contribution in [0.25, 0.3) is 0 Å². The minimum absolute atomic E-state index is 0.122. The number of halogens is 1. The van der Waals surface area contributed by atoms with E-state index < -0.39 is 15.8 Å². The van der Waals surface area contributed by atoms with E-state index in [1.165, 1.54) is 44.6 Å². The molecule has 0 N–H and O–H groups in total. The van der Waals surface area contributed by atoms with Crippen molar-refractivity contribution in [2.45, 2.75) is 26.3 Å². The molecule has 0 saturated carbocycles. The van der Waals surface area contributed by atoms with E-state index in [2.05, 4.69) is 6.92 Å². The number of sulfonamides is 1. The summed E-state index contributed by atoms with van der Waals surface area (Å²) in [4.78, 5) is 15.2. The van der Waals surface area contributed by atoms with Crippen LogP contribution in [0.5, 0.6) is 11.5 Å². The minimum Gasteiger partial charge on any atom is -0.493 e. The highest BCUT2D eigenvalue weighted by Crippen LogP contribution is 2.38. The molecular formula is C23H29FN2O5S. The zero-order valence-corrected chi connectivity index (χ0v) is 19.6. The third kappa shape index (κ3) is 5.15. The van der Waals surface area contributed by atoms with Gasteiger partial charge < -0.3 is 14.4 Å². The smallest absolute Gasteiger partial charge is 0.256 e. The number of benzene rings is 2. The van der Waals surface area contributed by atoms with Gasteiger partial charge in [-0.05, 0) is 30.9 Å². The molecule has 32 heavy (non-hydrogen) atoms. The second kappa shape index (κ2) is 9.77. The monoisotopic (exact) mass is 464 g/mol. The zero-order valence-electron chi connectivity index (χ0n) is 18.8. The molecule has 3 rings (SSSR count). The van der Waals surface area contributed by atoms with Crippen LogP contribution < -0.4 is 13.8 Å². The van der Waals surface area contributed by atoms with E-state index in [0.29, 0.717) is 24.8 Å². The maximum atomic E-state index is 14.4. The fraction of sp³-hybridized carbons (Fsp3) is 0.435. The Hall–Kier alpha value is -2.81. The predicted octanol–water partition coefficient (Wildman–Crippen LogP) is 3.68. The number of likely N-dealkylation sites (tertiary alicyclic amines) is 1. The van der Waals surface area contributed by atoms with Gasteiger partial charge in [0.2, 0.25) is 10.0 Å². The Morgan fingerprint density at radius 3 is 2.28 bits per heavy atom. The van der Waals surface area contributed by atoms with E-state index in [1.807, 2.05) is 0 Å². The van der Waals surface area contributed by atoms with Gasteiger partial charge in [0.25, 0.3) is 5.91 Å². The number of piperidine rings is 1. The van der Waals surface area contributed by atoms with Gasteiger partial charge in [0.15, 0.2) is 11.5 Å². The first kappa shape index (κ1) is 23.8. The summed E-state index contributed by atoms with van der Waals surface area (Å²) in [5.74, 6) is 0.282. The van der Waals surface area contributed by atoms with E-state index >= 15 is 0 Å². The highest BCUT2D eigenvalue weighted by molar-refractivity contribution is 7.92. The molecule has 1 saturated heterocycles. The van der Waals surface area contributed by atoms with Crippen LogP contribution >= 0.6 is 0 Å². The molecular weight excluding hydrogens is 435 g/mol. The fourth-order valence-electron chi connectivity index (χ4n) is 3.79. The van der Waals surface area contributed by atoms with Crippen molar-refractivity contribution in [1.82, 2.24) is 4.90 Å². The van der Waals surface area contributed by atoms with Crippen molar-refractivity contribution in [3.05, 3.63) is 53.3 Å². The number of carbonyl (C=O) groups is 1. The molecule has 0 radical (unpaired) electrons. The van der Waals surface area contributed by atoms with Gasteiger partial charge in [-0.25, -0.2) is 12.8 Å². The zero-order chi connectivity index (χ0) is 23.5. The lowest BCUT2D eigenvalue weighted by atomic mass is 9.98. The summed E-state index contributed by atoms with van der Waals surface area (Å²) < 4.78 is 51.7. The number of hydrogen-bond acceptors (Lipinski definition) is 5. The van der Waals surface area contributed by atoms with Crippen molar-refractivity contribution in [3.63, 3.8) is 0 Å². The Morgan fingerprint density at radius 2 is 1.72 bits per heavy atom. The number of nitrogens with zero attached hydrogens (tertiary/aromatic N) is 2. The SMILES string of the molecule is COc1cc(C(=O)N2CCC(C)CC2)c(N(Cc2ccccc2F)S(C)(=O)=O)cc1OC. The Morgan fingerprint density at radius 1 is 1.12 bits per heavy atom. The molecule has 174 valence electrons. The van der Waals surface area contributed by atoms with Crippen molar-refractivity contribution in [2.24, 2.45) is 5.92 Å². The van der Waals surface area contributed by atoms with Crippen molar-refractivity contribution < 1.29 is 27.1 Å². The minimum atomic E-state index is -3.87. The maximum Gasteiger partial charge on any atom is 0.256 e. The summed E-state index contributed by atoms with van der Waals surface area (Å²) >= 11 is 0. The molecule has 0 aromatic heterocycles. The molecule has 0 spiro atoms. The second-order valence-electron chi connectivity index (χ2n) is 8.06. The molecule has 1 fully saturated rings. The van der Waals surface area contributed by atoms with E-state index in [1.54, 1.807) is 11.0 Å². The fourth-order valence-corrected chi connectivity index (χ4v) is 4.67. The normalized spacial score (nSPS) is 14.8. The number of ether oxygens (including phenoxy) is 2. The average Bonchev–Trinajstić information content (AvgIpc) is 2.77. The van der Waals surface area contributed by atoms with Crippen molar-refractivity contribution in [1.29, 1.82) is 0 Å². The number of rotatable bonds is 7. The Kier molecular flexibility index (Phi) is 7.28. The maximum absolute atomic E-state index is 14.4. The van der Waals surface area contributed by atoms with Crippen LogP contribution in [-0.2, 0) is 16.6 Å². The van der Waals surface area contributed by atoms with Gasteiger partial charge >= 0.3 is 0 Å². The summed E-state index contributed by atoms with van der Waals surface area (Å²) in [6.07, 6.45) is 2.78. The summed E-state index contributed by atoms with van der Waals surface area (Å²) in [5, 5.41) is 0. The van der Waals surface area contributed by atoms with Crippen LogP contribution in [0.4, 0.5) is 10.1 Å². The Bertz CT molecular complexity index is 1080. The highest BCUT2D eigenvalue weighted by Gasteiger charge is 2.30. The molecule has 9 heteroatoms. The van der Waals surface area contributed by atoms with Gasteiger partial charge in [-0.2, -0.15) is 0 Å². The van der Waals surface area contributed by atoms with Gasteiger partial charge in [0.1, 0.15) is 5.82 Å². The number of amides is 1. The van der Waals surface area contributed by atoms with Gasteiger partial charge in [-0.15, -0.1) is 0 Å². The summed E-state index contributed by atoms with van der Waals surface area (Å²) in [6.45, 7) is 3.04. The van der Waals surface area contributed by atoms with E-state index in [-0.39, 0.29) is 35.0 Å². The molecule has 2 aromatic rings. The van der Waals surface area contributed by atoms with Crippen molar-refractivity contribution in [3.8, 4) is 11.5 Å². The number of carbonyl (C=O) groups excluding carboxylic acids is 1. The largest absolute Gasteiger partial charge is 0.493 e. The van der Waals surface area contributed by atoms with Crippen LogP contribution in [0.1, 0.15) is 35.7 Å². The molecule has 7 nitrogen and oxygen atoms in total. The van der Waals surface area contributed by atoms with E-state index in [9.17, 15) is 17.6 Å². The quantitative estimate of drug-likeness (QED) is 0.625. The van der Waals surface area contributed by atoms with Gasteiger partial charge in [-0.3, -0.25) is 9.10 Å². The van der Waals surface area contributed by atoms with Gasteiger partial charge in [0, 0.05) is 24.7 Å². The molecule has 1 aliphatic heterocycles. The first-order chi connectivity index (χ1) is 15.2. The highest BCUT2D eigenvalue weighted by atomic mass is 32.2. The lowest BCUT2D eigenvalue weighted by Gasteiger charge is -2.32. The number of methoxy groups -OCH3 is 2.